The van der Waals surface area contributed by atoms with E-state index in [2.05, 4.69) is 5.32 Å². The maximum Gasteiger partial charge on any atom is 0.313 e. The lowest BCUT2D eigenvalue weighted by atomic mass is 9.74. The summed E-state index contributed by atoms with van der Waals surface area (Å²) in [5.41, 5.74) is -0.109. The zero-order valence-corrected chi connectivity index (χ0v) is 26.3. The number of aliphatic hydroxyl groups is 1. The number of hydrogen-bond acceptors (Lipinski definition) is 7. The van der Waals surface area contributed by atoms with Gasteiger partial charge in [0.15, 0.2) is 0 Å². The number of ether oxygens (including phenoxy) is 2. The Bertz CT molecular complexity index is 1530. The Labute approximate surface area is 273 Å². The van der Waals surface area contributed by atoms with Gasteiger partial charge in [0, 0.05) is 36.8 Å². The van der Waals surface area contributed by atoms with Gasteiger partial charge in [0.05, 0.1) is 18.1 Å². The van der Waals surface area contributed by atoms with Gasteiger partial charge < -0.3 is 29.7 Å². The highest BCUT2D eigenvalue weighted by molar-refractivity contribution is 6.30. The third-order valence-corrected chi connectivity index (χ3v) is 9.55. The average Bonchev–Trinajstić information content (AvgIpc) is 3.69. The van der Waals surface area contributed by atoms with Crippen LogP contribution in [-0.2, 0) is 28.7 Å². The molecule has 6 rings (SSSR count). The summed E-state index contributed by atoms with van der Waals surface area (Å²) in [6.45, 7) is 2.11. The van der Waals surface area contributed by atoms with Crippen LogP contribution in [0.3, 0.4) is 0 Å². The van der Waals surface area contributed by atoms with E-state index in [1.807, 2.05) is 42.5 Å². The number of cyclic esters (lactones) is 1. The maximum atomic E-state index is 14.7. The first kappa shape index (κ1) is 32.0. The van der Waals surface area contributed by atoms with Crippen molar-refractivity contribution in [3.05, 3.63) is 89.5 Å². The van der Waals surface area contributed by atoms with Crippen LogP contribution < -0.4 is 10.2 Å². The van der Waals surface area contributed by atoms with Crippen molar-refractivity contribution in [1.29, 1.82) is 0 Å². The number of likely N-dealkylation sites (tertiary alicyclic amines) is 1. The van der Waals surface area contributed by atoms with Crippen LogP contribution in [0.1, 0.15) is 44.3 Å². The average molecular weight is 648 g/mol. The first-order valence-corrected chi connectivity index (χ1v) is 16.2. The molecule has 10 nitrogen and oxygen atoms in total. The molecule has 0 unspecified atom stereocenters. The SMILES string of the molecule is C[C@H]1NC(=O)CC/C=C\CN(c2ccc(Cl)cc2)C(=O)[C@@H]2N(CCCCO)C(=O)[C@H]3[C@H](C(=O)O[C@@H]1c1ccccc1)[C@@H]1C=C[C@]23O1. The van der Waals surface area contributed by atoms with Crippen LogP contribution in [0.4, 0.5) is 5.69 Å². The van der Waals surface area contributed by atoms with Gasteiger partial charge in [-0.2, -0.15) is 0 Å². The Morgan fingerprint density at radius 1 is 1.00 bits per heavy atom. The molecule has 5 bridgehead atoms. The van der Waals surface area contributed by atoms with Crippen molar-refractivity contribution in [2.45, 2.75) is 62.5 Å². The van der Waals surface area contributed by atoms with Crippen LogP contribution in [0.15, 0.2) is 78.9 Å². The molecule has 2 saturated heterocycles. The van der Waals surface area contributed by atoms with E-state index >= 15 is 0 Å². The van der Waals surface area contributed by atoms with Gasteiger partial charge in [0.25, 0.3) is 5.91 Å². The molecule has 0 radical (unpaired) electrons. The van der Waals surface area contributed by atoms with Crippen molar-refractivity contribution in [2.75, 3.05) is 24.6 Å². The van der Waals surface area contributed by atoms with Gasteiger partial charge in [-0.1, -0.05) is 66.2 Å². The number of rotatable bonds is 6. The Morgan fingerprint density at radius 3 is 2.50 bits per heavy atom. The lowest BCUT2D eigenvalue weighted by Crippen LogP contribution is -2.56. The Hall–Kier alpha value is -3.99. The number of hydrogen-bond donors (Lipinski definition) is 2. The zero-order valence-electron chi connectivity index (χ0n) is 25.6. The molecule has 46 heavy (non-hydrogen) atoms. The van der Waals surface area contributed by atoms with E-state index in [1.165, 1.54) is 4.90 Å². The number of halogens is 1. The highest BCUT2D eigenvalue weighted by atomic mass is 35.5. The first-order valence-electron chi connectivity index (χ1n) is 15.8. The second kappa shape index (κ2) is 13.4. The number of allylic oxidation sites excluding steroid dienone is 1. The first-order chi connectivity index (χ1) is 22.2. The lowest BCUT2D eigenvalue weighted by Gasteiger charge is -2.36. The summed E-state index contributed by atoms with van der Waals surface area (Å²) in [7, 11) is 0. The van der Waals surface area contributed by atoms with E-state index in [0.717, 1.165) is 0 Å². The second-order valence-corrected chi connectivity index (χ2v) is 12.7. The van der Waals surface area contributed by atoms with Crippen LogP contribution in [0, 0.1) is 11.8 Å². The number of unbranched alkanes of at least 4 members (excludes halogenated alkanes) is 1. The summed E-state index contributed by atoms with van der Waals surface area (Å²) in [6, 6.07) is 14.4. The molecule has 4 heterocycles. The van der Waals surface area contributed by atoms with E-state index < -0.39 is 47.7 Å². The van der Waals surface area contributed by atoms with Gasteiger partial charge in [0.1, 0.15) is 23.7 Å². The van der Waals surface area contributed by atoms with E-state index in [1.54, 1.807) is 48.2 Å². The molecule has 0 aliphatic carbocycles. The van der Waals surface area contributed by atoms with Gasteiger partial charge in [0.2, 0.25) is 11.8 Å². The molecule has 11 heteroatoms. The third-order valence-electron chi connectivity index (χ3n) is 9.30. The minimum absolute atomic E-state index is 0.0556. The third kappa shape index (κ3) is 5.85. The molecule has 2 N–H and O–H groups in total. The fraction of sp³-hybridized carbons (Fsp3) is 0.429. The van der Waals surface area contributed by atoms with Crippen molar-refractivity contribution in [3.8, 4) is 0 Å². The van der Waals surface area contributed by atoms with Gasteiger partial charge in [-0.05, 0) is 56.0 Å². The largest absolute Gasteiger partial charge is 0.455 e. The predicted molar refractivity (Wildman–Crippen MR) is 171 cm³/mol. The highest BCUT2D eigenvalue weighted by Crippen LogP contribution is 2.56. The van der Waals surface area contributed by atoms with Crippen LogP contribution in [0.25, 0.3) is 0 Å². The number of carbonyl (C=O) groups excluding carboxylic acids is 4. The van der Waals surface area contributed by atoms with E-state index in [9.17, 15) is 24.3 Å². The summed E-state index contributed by atoms with van der Waals surface area (Å²) < 4.78 is 12.7. The number of fused-ring (bicyclic) bond motifs is 2. The molecule has 4 aliphatic rings. The molecule has 0 saturated carbocycles. The Kier molecular flexibility index (Phi) is 9.31. The Balaban J connectivity index is 1.43. The molecule has 1 spiro atoms. The maximum absolute atomic E-state index is 14.7. The number of amides is 3. The predicted octanol–water partition coefficient (Wildman–Crippen LogP) is 3.74. The minimum Gasteiger partial charge on any atom is -0.455 e. The molecule has 4 aliphatic heterocycles. The number of esters is 1. The topological polar surface area (TPSA) is 125 Å². The van der Waals surface area contributed by atoms with Gasteiger partial charge >= 0.3 is 5.97 Å². The Morgan fingerprint density at radius 2 is 1.76 bits per heavy atom. The fourth-order valence-electron chi connectivity index (χ4n) is 7.16. The summed E-state index contributed by atoms with van der Waals surface area (Å²) in [5, 5.41) is 13.0. The van der Waals surface area contributed by atoms with Crippen molar-refractivity contribution in [2.24, 2.45) is 11.8 Å². The zero-order chi connectivity index (χ0) is 32.4. The normalized spacial score (nSPS) is 32.0. The molecule has 0 aromatic heterocycles. The van der Waals surface area contributed by atoms with Crippen molar-refractivity contribution >= 4 is 41.0 Å². The van der Waals surface area contributed by atoms with Gasteiger partial charge in [-0.25, -0.2) is 0 Å². The number of nitrogens with one attached hydrogen (secondary N) is 1. The lowest BCUT2D eigenvalue weighted by molar-refractivity contribution is -0.161. The van der Waals surface area contributed by atoms with Crippen LogP contribution >= 0.6 is 11.6 Å². The quantitative estimate of drug-likeness (QED) is 0.278. The molecular formula is C35H38ClN3O7. The molecule has 242 valence electrons. The van der Waals surface area contributed by atoms with Crippen LogP contribution in [-0.4, -0.2) is 77.2 Å². The van der Waals surface area contributed by atoms with Crippen LogP contribution in [0.5, 0.6) is 0 Å². The van der Waals surface area contributed by atoms with E-state index in [4.69, 9.17) is 21.1 Å². The van der Waals surface area contributed by atoms with E-state index in [0.29, 0.717) is 35.5 Å². The van der Waals surface area contributed by atoms with Crippen molar-refractivity contribution < 1.29 is 33.8 Å². The molecule has 3 amide bonds. The van der Waals surface area contributed by atoms with Crippen molar-refractivity contribution in [1.82, 2.24) is 10.2 Å². The number of carbonyl (C=O) groups is 4. The number of benzene rings is 2. The molecule has 2 fully saturated rings. The summed E-state index contributed by atoms with van der Waals surface area (Å²) in [5.74, 6) is -3.56. The summed E-state index contributed by atoms with van der Waals surface area (Å²) in [6.07, 6.45) is 7.14. The van der Waals surface area contributed by atoms with Crippen molar-refractivity contribution in [3.63, 3.8) is 0 Å². The molecule has 7 atom stereocenters. The standard InChI is InChI=1S/C35H38ClN3O7/c1-22-30(23-10-4-2-5-11-23)45-34(44)28-26-17-18-35(46-26)29(28)32(42)39(20-8-9-21-40)31(35)33(43)38(25-15-13-24(36)14-16-25)19-7-3-6-12-27(41)37-22/h2-5,7,10-11,13-18,22,26,28-31,40H,6,8-9,12,19-21H2,1H3,(H,37,41)/b7-3-/t22-,26+,28-,29-,30+,31+,35-/m1/s1. The molecule has 2 aromatic carbocycles. The number of nitrogens with zero attached hydrogens (tertiary/aromatic N) is 2. The monoisotopic (exact) mass is 647 g/mol. The fourth-order valence-corrected chi connectivity index (χ4v) is 7.29. The van der Waals surface area contributed by atoms with Gasteiger partial charge in [-0.15, -0.1) is 0 Å². The molecule has 2 aromatic rings. The molecular weight excluding hydrogens is 610 g/mol. The number of anilines is 1. The highest BCUT2D eigenvalue weighted by Gasteiger charge is 2.73. The van der Waals surface area contributed by atoms with Crippen LogP contribution in [0.2, 0.25) is 5.02 Å². The minimum atomic E-state index is -1.38. The van der Waals surface area contributed by atoms with E-state index in [-0.39, 0.29) is 43.8 Å². The smallest absolute Gasteiger partial charge is 0.313 e. The second-order valence-electron chi connectivity index (χ2n) is 12.2. The summed E-state index contributed by atoms with van der Waals surface area (Å²) >= 11 is 6.17. The number of aliphatic hydroxyl groups excluding tert-OH is 1. The van der Waals surface area contributed by atoms with Gasteiger partial charge in [-0.3, -0.25) is 19.2 Å². The summed E-state index contributed by atoms with van der Waals surface area (Å²) in [4.78, 5) is 59.2.